The maximum absolute atomic E-state index is 11.5. The van der Waals surface area contributed by atoms with Gasteiger partial charge in [-0.2, -0.15) is 5.10 Å². The van der Waals surface area contributed by atoms with Gasteiger partial charge in [0.05, 0.1) is 0 Å². The molecule has 0 aliphatic rings. The Labute approximate surface area is 103 Å². The van der Waals surface area contributed by atoms with Crippen molar-refractivity contribution in [3.63, 3.8) is 0 Å². The summed E-state index contributed by atoms with van der Waals surface area (Å²) in [5.41, 5.74) is -0.604. The molecule has 2 heterocycles. The van der Waals surface area contributed by atoms with Gasteiger partial charge in [-0.25, -0.2) is 9.67 Å². The number of nitrogens with zero attached hydrogens (tertiary/aromatic N) is 3. The second-order valence-corrected chi connectivity index (χ2v) is 4.53. The Balaban J connectivity index is 2.18. The van der Waals surface area contributed by atoms with Gasteiger partial charge in [0.2, 0.25) is 0 Å². The molecule has 2 N–H and O–H groups in total. The first kappa shape index (κ1) is 12.3. The van der Waals surface area contributed by atoms with E-state index in [0.29, 0.717) is 17.6 Å². The van der Waals surface area contributed by atoms with Crippen molar-refractivity contribution >= 4 is 0 Å². The summed E-state index contributed by atoms with van der Waals surface area (Å²) in [4.78, 5) is 26.9. The fourth-order valence-corrected chi connectivity index (χ4v) is 1.59. The molecule has 0 unspecified atom stereocenters. The molecule has 0 saturated carbocycles. The molecular formula is C11H15N5O2. The molecule has 0 spiro atoms. The third-order valence-electron chi connectivity index (χ3n) is 2.37. The van der Waals surface area contributed by atoms with Crippen LogP contribution in [-0.4, -0.2) is 25.0 Å². The zero-order valence-electron chi connectivity index (χ0n) is 10.3. The van der Waals surface area contributed by atoms with Gasteiger partial charge in [0.25, 0.3) is 11.1 Å². The van der Waals surface area contributed by atoms with E-state index in [-0.39, 0.29) is 17.7 Å². The summed E-state index contributed by atoms with van der Waals surface area (Å²) in [6.45, 7) is 4.34. The Morgan fingerprint density at radius 1 is 1.33 bits per heavy atom. The number of hydrogen-bond acceptors (Lipinski definition) is 4. The molecule has 0 aliphatic heterocycles. The molecule has 7 heteroatoms. The van der Waals surface area contributed by atoms with Crippen molar-refractivity contribution in [2.45, 2.75) is 26.8 Å². The Kier molecular flexibility index (Phi) is 3.40. The number of rotatable bonds is 4. The Bertz CT molecular complexity index is 637. The highest BCUT2D eigenvalue weighted by molar-refractivity contribution is 4.93. The summed E-state index contributed by atoms with van der Waals surface area (Å²) in [5.74, 6) is 1.73. The minimum atomic E-state index is -0.323. The summed E-state index contributed by atoms with van der Waals surface area (Å²) in [6, 6.07) is 2.42. The lowest BCUT2D eigenvalue weighted by atomic mass is 10.1. The van der Waals surface area contributed by atoms with Crippen LogP contribution in [0.2, 0.25) is 0 Å². The van der Waals surface area contributed by atoms with E-state index >= 15 is 0 Å². The van der Waals surface area contributed by atoms with Crippen molar-refractivity contribution in [1.82, 2.24) is 25.0 Å². The molecule has 0 radical (unpaired) electrons. The summed E-state index contributed by atoms with van der Waals surface area (Å²) >= 11 is 0. The van der Waals surface area contributed by atoms with Crippen LogP contribution in [0.1, 0.15) is 25.5 Å². The molecule has 7 nitrogen and oxygen atoms in total. The lowest BCUT2D eigenvalue weighted by molar-refractivity contribution is 0.603. The van der Waals surface area contributed by atoms with Crippen LogP contribution in [0.5, 0.6) is 0 Å². The summed E-state index contributed by atoms with van der Waals surface area (Å²) in [5, 5.41) is 9.26. The highest BCUT2D eigenvalue weighted by atomic mass is 16.1. The van der Waals surface area contributed by atoms with Gasteiger partial charge in [0.15, 0.2) is 5.82 Å². The zero-order valence-corrected chi connectivity index (χ0v) is 10.3. The maximum Gasteiger partial charge on any atom is 0.265 e. The van der Waals surface area contributed by atoms with E-state index < -0.39 is 0 Å². The van der Waals surface area contributed by atoms with Gasteiger partial charge >= 0.3 is 0 Å². The predicted molar refractivity (Wildman–Crippen MR) is 65.3 cm³/mol. The van der Waals surface area contributed by atoms with E-state index in [1.54, 1.807) is 0 Å². The number of aromatic nitrogens is 5. The van der Waals surface area contributed by atoms with E-state index in [4.69, 9.17) is 0 Å². The highest BCUT2D eigenvalue weighted by Gasteiger charge is 2.06. The monoisotopic (exact) mass is 249 g/mol. The molecule has 18 heavy (non-hydrogen) atoms. The quantitative estimate of drug-likeness (QED) is 0.790. The van der Waals surface area contributed by atoms with Crippen molar-refractivity contribution in [3.05, 3.63) is 44.5 Å². The molecule has 0 atom stereocenters. The molecule has 2 aromatic heterocycles. The molecule has 96 valence electrons. The molecule has 0 bridgehead atoms. The van der Waals surface area contributed by atoms with Crippen molar-refractivity contribution in [2.75, 3.05) is 0 Å². The minimum absolute atomic E-state index is 0.181. The molecule has 2 rings (SSSR count). The average Bonchev–Trinajstić information content (AvgIpc) is 2.70. The van der Waals surface area contributed by atoms with Crippen LogP contribution in [0.3, 0.4) is 0 Å². The number of nitrogens with one attached hydrogen (secondary N) is 2. The van der Waals surface area contributed by atoms with Crippen LogP contribution >= 0.6 is 0 Å². The molecule has 0 amide bonds. The summed E-state index contributed by atoms with van der Waals surface area (Å²) in [7, 11) is 0. The van der Waals surface area contributed by atoms with E-state index in [2.05, 4.69) is 34.1 Å². The number of hydrogen-bond donors (Lipinski definition) is 2. The van der Waals surface area contributed by atoms with Crippen LogP contribution in [0.15, 0.2) is 21.7 Å². The van der Waals surface area contributed by atoms with E-state index in [0.717, 1.165) is 6.42 Å². The van der Waals surface area contributed by atoms with Gasteiger partial charge in [-0.1, -0.05) is 13.8 Å². The highest BCUT2D eigenvalue weighted by Crippen LogP contribution is 2.02. The van der Waals surface area contributed by atoms with Crippen LogP contribution in [0.4, 0.5) is 0 Å². The third-order valence-corrected chi connectivity index (χ3v) is 2.37. The van der Waals surface area contributed by atoms with Crippen molar-refractivity contribution in [2.24, 2.45) is 5.92 Å². The van der Waals surface area contributed by atoms with E-state index in [9.17, 15) is 9.59 Å². The van der Waals surface area contributed by atoms with Crippen LogP contribution < -0.4 is 11.1 Å². The summed E-state index contributed by atoms with van der Waals surface area (Å²) < 4.78 is 1.20. The average molecular weight is 249 g/mol. The number of aromatic amines is 2. The van der Waals surface area contributed by atoms with E-state index in [1.807, 2.05) is 0 Å². The smallest absolute Gasteiger partial charge is 0.265 e. The van der Waals surface area contributed by atoms with Crippen LogP contribution in [-0.2, 0) is 13.0 Å². The van der Waals surface area contributed by atoms with Gasteiger partial charge in [0, 0.05) is 18.6 Å². The molecule has 2 aromatic rings. The first-order valence-corrected chi connectivity index (χ1v) is 5.75. The Morgan fingerprint density at radius 2 is 2.11 bits per heavy atom. The van der Waals surface area contributed by atoms with Crippen molar-refractivity contribution < 1.29 is 0 Å². The first-order valence-electron chi connectivity index (χ1n) is 5.75. The fraction of sp³-hybridized carbons (Fsp3) is 0.455. The topological polar surface area (TPSA) is 96.4 Å². The van der Waals surface area contributed by atoms with Crippen LogP contribution in [0, 0.1) is 5.92 Å². The SMILES string of the molecule is CC(C)Cc1n[nH]c(Cn2[nH]c(=O)ccc2=O)n1. The van der Waals surface area contributed by atoms with Gasteiger partial charge in [-0.15, -0.1) is 0 Å². The second-order valence-electron chi connectivity index (χ2n) is 4.53. The lowest BCUT2D eigenvalue weighted by Crippen LogP contribution is -2.28. The molecule has 0 saturated heterocycles. The first-order chi connectivity index (χ1) is 8.54. The molecular weight excluding hydrogens is 234 g/mol. The van der Waals surface area contributed by atoms with Gasteiger partial charge in [-0.05, 0) is 5.92 Å². The largest absolute Gasteiger partial charge is 0.268 e. The summed E-state index contributed by atoms with van der Waals surface area (Å²) in [6.07, 6.45) is 0.775. The van der Waals surface area contributed by atoms with Gasteiger partial charge in [-0.3, -0.25) is 19.8 Å². The van der Waals surface area contributed by atoms with Gasteiger partial charge in [0.1, 0.15) is 12.4 Å². The van der Waals surface area contributed by atoms with Crippen LogP contribution in [0.25, 0.3) is 0 Å². The van der Waals surface area contributed by atoms with Crippen molar-refractivity contribution in [1.29, 1.82) is 0 Å². The Morgan fingerprint density at radius 3 is 2.83 bits per heavy atom. The standard InChI is InChI=1S/C11H15N5O2/c1-7(2)5-8-12-9(14-13-8)6-16-11(18)4-3-10(17)15-16/h3-4,7H,5-6H2,1-2H3,(H,15,17)(H,12,13,14). The molecule has 0 aromatic carbocycles. The minimum Gasteiger partial charge on any atom is -0.268 e. The lowest BCUT2D eigenvalue weighted by Gasteiger charge is -2.01. The molecule has 0 aliphatic carbocycles. The van der Waals surface area contributed by atoms with Crippen molar-refractivity contribution in [3.8, 4) is 0 Å². The zero-order chi connectivity index (χ0) is 13.1. The fourth-order valence-electron chi connectivity index (χ4n) is 1.59. The van der Waals surface area contributed by atoms with E-state index in [1.165, 1.54) is 16.8 Å². The maximum atomic E-state index is 11.5. The predicted octanol–water partition coefficient (Wildman–Crippen LogP) is -0.0985. The normalized spacial score (nSPS) is 11.1. The second kappa shape index (κ2) is 4.99. The molecule has 0 fully saturated rings. The third kappa shape index (κ3) is 2.93. The Hall–Kier alpha value is -2.18. The number of H-pyrrole nitrogens is 2. The van der Waals surface area contributed by atoms with Gasteiger partial charge < -0.3 is 0 Å².